The van der Waals surface area contributed by atoms with Crippen LogP contribution in [0, 0.1) is 23.7 Å². The van der Waals surface area contributed by atoms with Crippen molar-refractivity contribution < 1.29 is 9.84 Å². The van der Waals surface area contributed by atoms with Gasteiger partial charge in [-0.05, 0) is 44.4 Å². The molecule has 0 spiro atoms. The van der Waals surface area contributed by atoms with Gasteiger partial charge in [-0.1, -0.05) is 19.3 Å². The van der Waals surface area contributed by atoms with Crippen molar-refractivity contribution in [3.8, 4) is 0 Å². The van der Waals surface area contributed by atoms with Crippen LogP contribution in [0.1, 0.15) is 46.0 Å². The maximum Gasteiger partial charge on any atom is 0.0627 e. The minimum absolute atomic E-state index is 0.0935. The van der Waals surface area contributed by atoms with Crippen molar-refractivity contribution in [2.24, 2.45) is 23.7 Å². The molecule has 16 heavy (non-hydrogen) atoms. The maximum absolute atomic E-state index is 10.6. The molecule has 0 radical (unpaired) electrons. The van der Waals surface area contributed by atoms with Crippen LogP contribution in [0.25, 0.3) is 0 Å². The third-order valence-electron chi connectivity index (χ3n) is 5.44. The van der Waals surface area contributed by atoms with E-state index in [0.717, 1.165) is 5.92 Å². The highest BCUT2D eigenvalue weighted by molar-refractivity contribution is 5.00. The van der Waals surface area contributed by atoms with E-state index in [1.165, 1.54) is 32.1 Å². The van der Waals surface area contributed by atoms with Crippen LogP contribution in [0.2, 0.25) is 0 Å². The summed E-state index contributed by atoms with van der Waals surface area (Å²) in [4.78, 5) is 0. The summed E-state index contributed by atoms with van der Waals surface area (Å²) in [6, 6.07) is 0. The Bertz CT molecular complexity index is 265. The normalized spacial score (nSPS) is 56.8. The zero-order valence-electron chi connectivity index (χ0n) is 10.4. The minimum Gasteiger partial charge on any atom is -0.392 e. The Kier molecular flexibility index (Phi) is 2.75. The quantitative estimate of drug-likeness (QED) is 0.685. The average Bonchev–Trinajstić information content (AvgIpc) is 2.55. The van der Waals surface area contributed by atoms with Crippen molar-refractivity contribution in [2.75, 3.05) is 0 Å². The molecule has 0 bridgehead atoms. The molecular formula is C14H24O2. The fourth-order valence-electron chi connectivity index (χ4n) is 4.68. The second-order valence-corrected chi connectivity index (χ2v) is 6.22. The van der Waals surface area contributed by atoms with E-state index in [9.17, 15) is 5.11 Å². The standard InChI is InChI=1S/C14H24O2/c1-8-12-7-10-5-3-4-6-11(10)14(15)13(12)9(2)16-8/h8-15H,3-7H2,1-2H3/t8-,9+,10-,11?,12-,13+,14-/m0/s1. The Morgan fingerprint density at radius 1 is 1.00 bits per heavy atom. The smallest absolute Gasteiger partial charge is 0.0627 e. The molecule has 1 saturated heterocycles. The Hall–Kier alpha value is -0.0800. The van der Waals surface area contributed by atoms with E-state index in [4.69, 9.17) is 4.74 Å². The van der Waals surface area contributed by atoms with Crippen molar-refractivity contribution >= 4 is 0 Å². The number of fused-ring (bicyclic) bond motifs is 2. The lowest BCUT2D eigenvalue weighted by Crippen LogP contribution is -2.47. The molecule has 2 aliphatic carbocycles. The van der Waals surface area contributed by atoms with Crippen molar-refractivity contribution in [1.82, 2.24) is 0 Å². The van der Waals surface area contributed by atoms with E-state index >= 15 is 0 Å². The number of rotatable bonds is 0. The molecule has 2 nitrogen and oxygen atoms in total. The van der Waals surface area contributed by atoms with E-state index in [0.29, 0.717) is 23.9 Å². The summed E-state index contributed by atoms with van der Waals surface area (Å²) in [5, 5.41) is 10.6. The van der Waals surface area contributed by atoms with Gasteiger partial charge in [0, 0.05) is 5.92 Å². The van der Waals surface area contributed by atoms with Gasteiger partial charge in [-0.3, -0.25) is 0 Å². The zero-order chi connectivity index (χ0) is 11.3. The van der Waals surface area contributed by atoms with Crippen LogP contribution in [0.15, 0.2) is 0 Å². The van der Waals surface area contributed by atoms with Gasteiger partial charge in [0.05, 0.1) is 18.3 Å². The first-order valence-electron chi connectivity index (χ1n) is 7.02. The van der Waals surface area contributed by atoms with E-state index in [1.807, 2.05) is 0 Å². The van der Waals surface area contributed by atoms with Crippen molar-refractivity contribution in [3.63, 3.8) is 0 Å². The zero-order valence-corrected chi connectivity index (χ0v) is 10.4. The summed E-state index contributed by atoms with van der Waals surface area (Å²) in [6.07, 6.45) is 7.11. The topological polar surface area (TPSA) is 29.5 Å². The fourth-order valence-corrected chi connectivity index (χ4v) is 4.68. The van der Waals surface area contributed by atoms with Gasteiger partial charge in [-0.15, -0.1) is 0 Å². The van der Waals surface area contributed by atoms with E-state index < -0.39 is 0 Å². The van der Waals surface area contributed by atoms with E-state index in [1.54, 1.807) is 0 Å². The second-order valence-electron chi connectivity index (χ2n) is 6.22. The maximum atomic E-state index is 10.6. The molecule has 0 amide bonds. The highest BCUT2D eigenvalue weighted by Crippen LogP contribution is 2.51. The average molecular weight is 224 g/mol. The lowest BCUT2D eigenvalue weighted by atomic mass is 9.60. The predicted molar refractivity (Wildman–Crippen MR) is 63.1 cm³/mol. The van der Waals surface area contributed by atoms with Crippen LogP contribution in [0.4, 0.5) is 0 Å². The molecule has 0 aromatic carbocycles. The van der Waals surface area contributed by atoms with Gasteiger partial charge < -0.3 is 9.84 Å². The lowest BCUT2D eigenvalue weighted by Gasteiger charge is -2.45. The molecule has 1 aliphatic heterocycles. The fraction of sp³-hybridized carbons (Fsp3) is 1.00. The van der Waals surface area contributed by atoms with Gasteiger partial charge in [0.15, 0.2) is 0 Å². The second kappa shape index (κ2) is 3.99. The molecular weight excluding hydrogens is 200 g/mol. The number of aliphatic hydroxyl groups is 1. The van der Waals surface area contributed by atoms with Crippen molar-refractivity contribution in [2.45, 2.75) is 64.3 Å². The first-order valence-corrected chi connectivity index (χ1v) is 7.02. The Morgan fingerprint density at radius 3 is 2.56 bits per heavy atom. The van der Waals surface area contributed by atoms with Crippen LogP contribution < -0.4 is 0 Å². The molecule has 3 fully saturated rings. The molecule has 3 rings (SSSR count). The number of aliphatic hydroxyl groups excluding tert-OH is 1. The molecule has 0 aromatic rings. The van der Waals surface area contributed by atoms with Crippen molar-refractivity contribution in [3.05, 3.63) is 0 Å². The summed E-state index contributed by atoms with van der Waals surface area (Å²) in [5.74, 6) is 2.38. The molecule has 1 unspecified atom stereocenters. The van der Waals surface area contributed by atoms with Crippen LogP contribution in [-0.4, -0.2) is 23.4 Å². The minimum atomic E-state index is -0.0935. The number of hydrogen-bond donors (Lipinski definition) is 1. The first kappa shape index (κ1) is 11.0. The largest absolute Gasteiger partial charge is 0.392 e. The van der Waals surface area contributed by atoms with Crippen molar-refractivity contribution in [1.29, 1.82) is 0 Å². The number of ether oxygens (including phenoxy) is 1. The molecule has 2 heteroatoms. The van der Waals surface area contributed by atoms with E-state index in [-0.39, 0.29) is 12.2 Å². The van der Waals surface area contributed by atoms with Gasteiger partial charge in [0.1, 0.15) is 0 Å². The Balaban J connectivity index is 1.83. The van der Waals surface area contributed by atoms with Gasteiger partial charge >= 0.3 is 0 Å². The summed E-state index contributed by atoms with van der Waals surface area (Å²) in [5.41, 5.74) is 0. The van der Waals surface area contributed by atoms with E-state index in [2.05, 4.69) is 13.8 Å². The van der Waals surface area contributed by atoms with Crippen LogP contribution in [0.5, 0.6) is 0 Å². The molecule has 3 aliphatic rings. The van der Waals surface area contributed by atoms with Gasteiger partial charge in [0.25, 0.3) is 0 Å². The van der Waals surface area contributed by atoms with Gasteiger partial charge in [0.2, 0.25) is 0 Å². The summed E-state index contributed by atoms with van der Waals surface area (Å²) < 4.78 is 5.92. The molecule has 0 aromatic heterocycles. The Morgan fingerprint density at radius 2 is 1.75 bits per heavy atom. The monoisotopic (exact) mass is 224 g/mol. The molecule has 1 N–H and O–H groups in total. The van der Waals surface area contributed by atoms with Gasteiger partial charge in [-0.25, -0.2) is 0 Å². The first-order chi connectivity index (χ1) is 7.68. The Labute approximate surface area is 98.4 Å². The highest BCUT2D eigenvalue weighted by Gasteiger charge is 2.52. The summed E-state index contributed by atoms with van der Waals surface area (Å²) in [6.45, 7) is 4.34. The lowest BCUT2D eigenvalue weighted by molar-refractivity contribution is -0.0597. The molecule has 7 atom stereocenters. The summed E-state index contributed by atoms with van der Waals surface area (Å²) >= 11 is 0. The summed E-state index contributed by atoms with van der Waals surface area (Å²) in [7, 11) is 0. The van der Waals surface area contributed by atoms with Gasteiger partial charge in [-0.2, -0.15) is 0 Å². The molecule has 2 saturated carbocycles. The van der Waals surface area contributed by atoms with Crippen LogP contribution >= 0.6 is 0 Å². The molecule has 92 valence electrons. The third-order valence-corrected chi connectivity index (χ3v) is 5.44. The van der Waals surface area contributed by atoms with Crippen LogP contribution in [-0.2, 0) is 4.74 Å². The number of hydrogen-bond acceptors (Lipinski definition) is 2. The predicted octanol–water partition coefficient (Wildman–Crippen LogP) is 2.60. The highest BCUT2D eigenvalue weighted by atomic mass is 16.5. The van der Waals surface area contributed by atoms with Crippen LogP contribution in [0.3, 0.4) is 0 Å². The SMILES string of the molecule is C[C@@H]1O[C@H](C)[C@@H]2[C@H]1C[C@@H]1CCCCC1[C@@H]2O. The molecule has 1 heterocycles. The third kappa shape index (κ3) is 1.53.